The van der Waals surface area contributed by atoms with Crippen molar-refractivity contribution in [3.63, 3.8) is 0 Å². The summed E-state index contributed by atoms with van der Waals surface area (Å²) in [5.41, 5.74) is 0.269. The monoisotopic (exact) mass is 421 g/mol. The Morgan fingerprint density at radius 3 is 2.68 bits per heavy atom. The Bertz CT molecular complexity index is 1070. The quantitative estimate of drug-likeness (QED) is 0.658. The number of nitrogens with one attached hydrogen (secondary N) is 1. The maximum Gasteiger partial charge on any atom is 0.316 e. The first kappa shape index (κ1) is 17.6. The summed E-state index contributed by atoms with van der Waals surface area (Å²) in [6.07, 6.45) is 0. The number of nitrogens with zero attached hydrogens (tertiary/aromatic N) is 2. The molecule has 0 saturated carbocycles. The van der Waals surface area contributed by atoms with Gasteiger partial charge < -0.3 is 14.5 Å². The second kappa shape index (κ2) is 6.97. The zero-order chi connectivity index (χ0) is 18.1. The van der Waals surface area contributed by atoms with Crippen LogP contribution < -0.4 is 11.1 Å². The molecule has 8 heteroatoms. The molecule has 3 rings (SSSR count). The van der Waals surface area contributed by atoms with E-state index in [-0.39, 0.29) is 5.91 Å². The Hall–Kier alpha value is -2.19. The highest BCUT2D eigenvalue weighted by atomic mass is 79.9. The molecule has 0 atom stereocenters. The smallest absolute Gasteiger partial charge is 0.316 e. The first-order valence-corrected chi connectivity index (χ1v) is 9.28. The van der Waals surface area contributed by atoms with Crippen molar-refractivity contribution in [2.45, 2.75) is 20.0 Å². The summed E-state index contributed by atoms with van der Waals surface area (Å²) in [7, 11) is 1.73. The molecule has 1 amide bonds. The van der Waals surface area contributed by atoms with Crippen molar-refractivity contribution in [1.82, 2.24) is 14.5 Å². The van der Waals surface area contributed by atoms with Gasteiger partial charge in [0, 0.05) is 24.0 Å². The second-order valence-corrected chi connectivity index (χ2v) is 8.15. The largest absolute Gasteiger partial charge is 0.337 e. The summed E-state index contributed by atoms with van der Waals surface area (Å²) >= 11 is 4.99. The average molecular weight is 422 g/mol. The molecule has 1 N–H and O–H groups in total. The highest BCUT2D eigenvalue weighted by molar-refractivity contribution is 9.11. The van der Waals surface area contributed by atoms with E-state index in [1.165, 1.54) is 4.57 Å². The number of carbonyl (C=O) groups excluding carboxylic acids is 1. The van der Waals surface area contributed by atoms with Gasteiger partial charge >= 0.3 is 11.1 Å². The molecule has 25 heavy (non-hydrogen) atoms. The van der Waals surface area contributed by atoms with Gasteiger partial charge in [-0.3, -0.25) is 14.4 Å². The molecule has 0 aliphatic carbocycles. The van der Waals surface area contributed by atoms with Crippen LogP contribution in [0.1, 0.15) is 22.2 Å². The van der Waals surface area contributed by atoms with Crippen molar-refractivity contribution in [2.24, 2.45) is 0 Å². The lowest BCUT2D eigenvalue weighted by Crippen LogP contribution is -2.36. The normalized spacial score (nSPS) is 11.0. The van der Waals surface area contributed by atoms with Crippen molar-refractivity contribution >= 4 is 44.2 Å². The van der Waals surface area contributed by atoms with Gasteiger partial charge in [0.15, 0.2) is 0 Å². The van der Waals surface area contributed by atoms with Gasteiger partial charge in [-0.25, -0.2) is 0 Å². The number of hydrogen-bond donors (Lipinski definition) is 1. The molecular weight excluding hydrogens is 406 g/mol. The van der Waals surface area contributed by atoms with E-state index in [1.54, 1.807) is 48.4 Å². The number of carbonyl (C=O) groups is 1. The molecule has 0 fully saturated rings. The molecule has 0 bridgehead atoms. The van der Waals surface area contributed by atoms with Crippen LogP contribution in [0, 0.1) is 0 Å². The van der Waals surface area contributed by atoms with Crippen LogP contribution in [-0.4, -0.2) is 27.4 Å². The van der Waals surface area contributed by atoms with Crippen LogP contribution in [0.2, 0.25) is 0 Å². The van der Waals surface area contributed by atoms with Gasteiger partial charge in [0.2, 0.25) is 0 Å². The molecule has 0 unspecified atom stereocenters. The van der Waals surface area contributed by atoms with Crippen molar-refractivity contribution in [1.29, 1.82) is 0 Å². The van der Waals surface area contributed by atoms with Gasteiger partial charge in [0.25, 0.3) is 5.91 Å². The maximum atomic E-state index is 12.7. The number of thiophene rings is 1. The van der Waals surface area contributed by atoms with Crippen LogP contribution in [0.5, 0.6) is 0 Å². The highest BCUT2D eigenvalue weighted by Gasteiger charge is 2.15. The Kier molecular flexibility index (Phi) is 4.91. The van der Waals surface area contributed by atoms with E-state index >= 15 is 0 Å². The average Bonchev–Trinajstić information content (AvgIpc) is 2.99. The van der Waals surface area contributed by atoms with Crippen LogP contribution in [0.25, 0.3) is 11.0 Å². The lowest BCUT2D eigenvalue weighted by molar-refractivity contribution is 0.0786. The lowest BCUT2D eigenvalue weighted by Gasteiger charge is -2.17. The summed E-state index contributed by atoms with van der Waals surface area (Å²) < 4.78 is 2.42. The highest BCUT2D eigenvalue weighted by Crippen LogP contribution is 2.23. The lowest BCUT2D eigenvalue weighted by atomic mass is 10.1. The summed E-state index contributed by atoms with van der Waals surface area (Å²) in [5, 5.41) is 0. The summed E-state index contributed by atoms with van der Waals surface area (Å²) in [6, 6.07) is 8.90. The summed E-state index contributed by atoms with van der Waals surface area (Å²) in [4.78, 5) is 41.6. The van der Waals surface area contributed by atoms with Crippen LogP contribution >= 0.6 is 27.3 Å². The van der Waals surface area contributed by atoms with E-state index in [2.05, 4.69) is 20.9 Å². The molecule has 2 aromatic heterocycles. The standard InChI is InChI=1S/C17H16BrN3O3S/c1-3-21-13-6-4-10(8-12(13)19-15(22)17(21)24)16(23)20(2)9-11-5-7-14(18)25-11/h4-8H,3,9H2,1-2H3,(H,19,22). The number of rotatable bonds is 4. The molecule has 6 nitrogen and oxygen atoms in total. The number of aromatic amines is 1. The molecule has 0 saturated heterocycles. The first-order valence-electron chi connectivity index (χ1n) is 7.67. The number of amides is 1. The fraction of sp³-hybridized carbons (Fsp3) is 0.235. The maximum absolute atomic E-state index is 12.7. The summed E-state index contributed by atoms with van der Waals surface area (Å²) in [5.74, 6) is -0.151. The predicted octanol–water partition coefficient (Wildman–Crippen LogP) is 2.81. The first-order chi connectivity index (χ1) is 11.9. The number of aromatic nitrogens is 2. The van der Waals surface area contributed by atoms with Crippen LogP contribution in [-0.2, 0) is 13.1 Å². The van der Waals surface area contributed by atoms with Crippen molar-refractivity contribution in [2.75, 3.05) is 7.05 Å². The third kappa shape index (κ3) is 3.45. The SMILES string of the molecule is CCn1c(=O)c(=O)[nH]c2cc(C(=O)N(C)Cc3ccc(Br)s3)ccc21. The molecule has 0 aliphatic heterocycles. The van der Waals surface area contributed by atoms with E-state index < -0.39 is 11.1 Å². The van der Waals surface area contributed by atoms with Gasteiger partial charge in [0.1, 0.15) is 0 Å². The van der Waals surface area contributed by atoms with Crippen molar-refractivity contribution in [3.05, 3.63) is 65.3 Å². The van der Waals surface area contributed by atoms with Gasteiger partial charge in [0.05, 0.1) is 21.4 Å². The van der Waals surface area contributed by atoms with Crippen LogP contribution in [0.4, 0.5) is 0 Å². The number of fused-ring (bicyclic) bond motifs is 1. The molecular formula is C17H16BrN3O3S. The molecule has 0 spiro atoms. The van der Waals surface area contributed by atoms with E-state index in [9.17, 15) is 14.4 Å². The third-order valence-corrected chi connectivity index (χ3v) is 5.52. The molecule has 2 heterocycles. The Balaban J connectivity index is 1.95. The molecule has 3 aromatic rings. The minimum atomic E-state index is -0.685. The third-order valence-electron chi connectivity index (χ3n) is 3.91. The van der Waals surface area contributed by atoms with Crippen molar-refractivity contribution in [3.8, 4) is 0 Å². The summed E-state index contributed by atoms with van der Waals surface area (Å²) in [6.45, 7) is 2.68. The van der Waals surface area contributed by atoms with Crippen LogP contribution in [0.15, 0.2) is 43.7 Å². The van der Waals surface area contributed by atoms with Gasteiger partial charge in [-0.1, -0.05) is 0 Å². The Morgan fingerprint density at radius 2 is 2.04 bits per heavy atom. The number of H-pyrrole nitrogens is 1. The molecule has 1 aromatic carbocycles. The van der Waals surface area contributed by atoms with E-state index in [1.807, 2.05) is 12.1 Å². The van der Waals surface area contributed by atoms with E-state index in [0.717, 1.165) is 8.66 Å². The zero-order valence-electron chi connectivity index (χ0n) is 13.7. The predicted molar refractivity (Wildman–Crippen MR) is 102 cm³/mol. The van der Waals surface area contributed by atoms with Crippen LogP contribution in [0.3, 0.4) is 0 Å². The molecule has 130 valence electrons. The van der Waals surface area contributed by atoms with E-state index in [0.29, 0.717) is 29.7 Å². The Morgan fingerprint density at radius 1 is 1.28 bits per heavy atom. The number of aryl methyl sites for hydroxylation is 1. The number of hydrogen-bond acceptors (Lipinski definition) is 4. The number of halogens is 1. The van der Waals surface area contributed by atoms with Gasteiger partial charge in [-0.2, -0.15) is 0 Å². The Labute approximate surface area is 155 Å². The fourth-order valence-electron chi connectivity index (χ4n) is 2.69. The van der Waals surface area contributed by atoms with Gasteiger partial charge in [-0.05, 0) is 53.2 Å². The zero-order valence-corrected chi connectivity index (χ0v) is 16.1. The minimum Gasteiger partial charge on any atom is -0.337 e. The molecule has 0 radical (unpaired) electrons. The molecule has 0 aliphatic rings. The minimum absolute atomic E-state index is 0.151. The second-order valence-electron chi connectivity index (χ2n) is 5.60. The van der Waals surface area contributed by atoms with Gasteiger partial charge in [-0.15, -0.1) is 11.3 Å². The number of benzene rings is 1. The topological polar surface area (TPSA) is 75.2 Å². The fourth-order valence-corrected chi connectivity index (χ4v) is 4.23. The van der Waals surface area contributed by atoms with Crippen molar-refractivity contribution < 1.29 is 4.79 Å². The van der Waals surface area contributed by atoms with E-state index in [4.69, 9.17) is 0 Å².